The third kappa shape index (κ3) is 4.95. The molecule has 1 radical (unpaired) electrons. The van der Waals surface area contributed by atoms with E-state index in [1.54, 1.807) is 0 Å². The van der Waals surface area contributed by atoms with Crippen molar-refractivity contribution in [3.05, 3.63) is 42.9 Å². The molecule has 0 amide bonds. The summed E-state index contributed by atoms with van der Waals surface area (Å²) in [5.41, 5.74) is 0. The molecule has 0 unspecified atom stereocenters. The normalized spacial score (nSPS) is 20.0. The standard InChI is InChI=1S/C12H17/c1-2-4-6-8-10-12-11-9-7-5-3-1/h1-3,6-9H,4-5,10-12H2. The van der Waals surface area contributed by atoms with Gasteiger partial charge in [-0.05, 0) is 38.5 Å². The molecule has 0 fully saturated rings. The molecule has 0 N–H and O–H groups in total. The summed E-state index contributed by atoms with van der Waals surface area (Å²) < 4.78 is 0. The average molecular weight is 161 g/mol. The molecule has 0 spiro atoms. The van der Waals surface area contributed by atoms with Crippen LogP contribution in [0.5, 0.6) is 0 Å². The maximum atomic E-state index is 2.28. The Kier molecular flexibility index (Phi) is 5.35. The van der Waals surface area contributed by atoms with Crippen LogP contribution in [0.1, 0.15) is 32.1 Å². The van der Waals surface area contributed by atoms with E-state index in [0.29, 0.717) is 0 Å². The van der Waals surface area contributed by atoms with Gasteiger partial charge < -0.3 is 0 Å². The topological polar surface area (TPSA) is 0 Å². The van der Waals surface area contributed by atoms with Crippen LogP contribution < -0.4 is 0 Å². The van der Waals surface area contributed by atoms with Crippen molar-refractivity contribution in [2.75, 3.05) is 0 Å². The van der Waals surface area contributed by atoms with E-state index < -0.39 is 0 Å². The van der Waals surface area contributed by atoms with E-state index in [4.69, 9.17) is 0 Å². The zero-order valence-electron chi connectivity index (χ0n) is 7.58. The molecule has 0 heteroatoms. The molecule has 0 aromatic heterocycles. The lowest BCUT2D eigenvalue weighted by molar-refractivity contribution is 0.863. The van der Waals surface area contributed by atoms with Crippen molar-refractivity contribution in [3.8, 4) is 0 Å². The van der Waals surface area contributed by atoms with Gasteiger partial charge in [0.25, 0.3) is 0 Å². The fraction of sp³-hybridized carbons (Fsp3) is 0.417. The Morgan fingerprint density at radius 2 is 1.42 bits per heavy atom. The van der Waals surface area contributed by atoms with E-state index in [1.807, 2.05) is 0 Å². The minimum atomic E-state index is 1.08. The van der Waals surface area contributed by atoms with Gasteiger partial charge in [-0.3, -0.25) is 0 Å². The Hall–Kier alpha value is -0.780. The summed E-state index contributed by atoms with van der Waals surface area (Å²) in [5, 5.41) is 0. The van der Waals surface area contributed by atoms with Crippen molar-refractivity contribution >= 4 is 0 Å². The number of rotatable bonds is 0. The van der Waals surface area contributed by atoms with Crippen molar-refractivity contribution < 1.29 is 0 Å². The zero-order valence-corrected chi connectivity index (χ0v) is 7.58. The third-order valence-corrected chi connectivity index (χ3v) is 1.89. The minimum absolute atomic E-state index is 1.08. The summed E-state index contributed by atoms with van der Waals surface area (Å²) in [7, 11) is 0. The van der Waals surface area contributed by atoms with Gasteiger partial charge in [-0.1, -0.05) is 36.5 Å². The molecule has 0 atom stereocenters. The summed E-state index contributed by atoms with van der Waals surface area (Å²) in [6, 6.07) is 0. The third-order valence-electron chi connectivity index (χ3n) is 1.89. The first kappa shape index (κ1) is 9.31. The summed E-state index contributed by atoms with van der Waals surface area (Å²) >= 11 is 0. The summed E-state index contributed by atoms with van der Waals surface area (Å²) in [6.07, 6.45) is 21.5. The van der Waals surface area contributed by atoms with Crippen LogP contribution in [0.2, 0.25) is 0 Å². The summed E-state index contributed by atoms with van der Waals surface area (Å²) in [4.78, 5) is 0. The van der Waals surface area contributed by atoms with Gasteiger partial charge in [0.15, 0.2) is 0 Å². The Bertz CT molecular complexity index is 172. The van der Waals surface area contributed by atoms with Crippen LogP contribution in [0.3, 0.4) is 0 Å². The van der Waals surface area contributed by atoms with E-state index in [2.05, 4.69) is 42.9 Å². The molecule has 0 aromatic rings. The van der Waals surface area contributed by atoms with Crippen LogP contribution in [0, 0.1) is 6.42 Å². The zero-order chi connectivity index (χ0) is 8.49. The largest absolute Gasteiger partial charge is 0.0885 e. The Labute approximate surface area is 75.7 Å². The van der Waals surface area contributed by atoms with E-state index in [9.17, 15) is 0 Å². The van der Waals surface area contributed by atoms with Crippen LogP contribution in [0.4, 0.5) is 0 Å². The molecular formula is C12H17. The summed E-state index contributed by atoms with van der Waals surface area (Å²) in [5.74, 6) is 0. The molecule has 0 aromatic carbocycles. The van der Waals surface area contributed by atoms with Gasteiger partial charge in [0.1, 0.15) is 0 Å². The summed E-state index contributed by atoms with van der Waals surface area (Å²) in [6.45, 7) is 0. The van der Waals surface area contributed by atoms with E-state index in [-0.39, 0.29) is 0 Å². The predicted octanol–water partition coefficient (Wildman–Crippen LogP) is 3.82. The highest BCUT2D eigenvalue weighted by Gasteiger charge is 1.83. The van der Waals surface area contributed by atoms with Crippen LogP contribution in [-0.2, 0) is 0 Å². The highest BCUT2D eigenvalue weighted by molar-refractivity contribution is 5.03. The van der Waals surface area contributed by atoms with Crippen molar-refractivity contribution in [1.82, 2.24) is 0 Å². The van der Waals surface area contributed by atoms with Crippen molar-refractivity contribution in [3.63, 3.8) is 0 Å². The second-order valence-corrected chi connectivity index (χ2v) is 3.01. The Morgan fingerprint density at radius 1 is 0.667 bits per heavy atom. The van der Waals surface area contributed by atoms with Crippen LogP contribution in [0.15, 0.2) is 36.5 Å². The first-order valence-electron chi connectivity index (χ1n) is 4.78. The SMILES string of the molecule is [CH]1C=CCC=CCCCC=CC1. The number of hydrogen-bond donors (Lipinski definition) is 0. The van der Waals surface area contributed by atoms with Gasteiger partial charge in [0.2, 0.25) is 0 Å². The van der Waals surface area contributed by atoms with Crippen LogP contribution >= 0.6 is 0 Å². The Balaban J connectivity index is 2.30. The maximum absolute atomic E-state index is 2.28. The maximum Gasteiger partial charge on any atom is -0.0133 e. The van der Waals surface area contributed by atoms with Crippen molar-refractivity contribution in [1.29, 1.82) is 0 Å². The minimum Gasteiger partial charge on any atom is -0.0885 e. The molecule has 1 rings (SSSR count). The van der Waals surface area contributed by atoms with Crippen LogP contribution in [0.25, 0.3) is 0 Å². The Morgan fingerprint density at radius 3 is 2.25 bits per heavy atom. The second-order valence-electron chi connectivity index (χ2n) is 3.01. The van der Waals surface area contributed by atoms with Gasteiger partial charge in [0.05, 0.1) is 0 Å². The molecule has 0 heterocycles. The number of hydrogen-bond acceptors (Lipinski definition) is 0. The van der Waals surface area contributed by atoms with E-state index in [1.165, 1.54) is 19.3 Å². The highest BCUT2D eigenvalue weighted by atomic mass is 13.9. The van der Waals surface area contributed by atoms with E-state index in [0.717, 1.165) is 12.8 Å². The van der Waals surface area contributed by atoms with Gasteiger partial charge in [0, 0.05) is 0 Å². The lowest BCUT2D eigenvalue weighted by atomic mass is 10.1. The van der Waals surface area contributed by atoms with Crippen LogP contribution in [-0.4, -0.2) is 0 Å². The van der Waals surface area contributed by atoms with Crippen molar-refractivity contribution in [2.24, 2.45) is 0 Å². The van der Waals surface area contributed by atoms with E-state index >= 15 is 0 Å². The molecule has 65 valence electrons. The van der Waals surface area contributed by atoms with Gasteiger partial charge in [-0.25, -0.2) is 0 Å². The fourth-order valence-corrected chi connectivity index (χ4v) is 1.19. The predicted molar refractivity (Wildman–Crippen MR) is 54.8 cm³/mol. The molecule has 1 aliphatic rings. The molecule has 0 saturated carbocycles. The first-order valence-corrected chi connectivity index (χ1v) is 4.78. The van der Waals surface area contributed by atoms with Gasteiger partial charge >= 0.3 is 0 Å². The molecular weight excluding hydrogens is 144 g/mol. The average Bonchev–Trinajstić information content (AvgIpc) is 2.05. The lowest BCUT2D eigenvalue weighted by Crippen LogP contribution is -1.73. The molecule has 0 saturated heterocycles. The quantitative estimate of drug-likeness (QED) is 0.474. The molecule has 0 bridgehead atoms. The monoisotopic (exact) mass is 161 g/mol. The molecule has 0 nitrogen and oxygen atoms in total. The lowest BCUT2D eigenvalue weighted by Gasteiger charge is -1.92. The van der Waals surface area contributed by atoms with Crippen molar-refractivity contribution in [2.45, 2.75) is 32.1 Å². The van der Waals surface area contributed by atoms with Gasteiger partial charge in [-0.15, -0.1) is 0 Å². The smallest absolute Gasteiger partial charge is 0.0133 e. The molecule has 0 aliphatic heterocycles. The first-order chi connectivity index (χ1) is 6.00. The second kappa shape index (κ2) is 6.90. The number of allylic oxidation sites excluding steroid dienone is 6. The van der Waals surface area contributed by atoms with Gasteiger partial charge in [-0.2, -0.15) is 0 Å². The molecule has 1 aliphatic carbocycles. The highest BCUT2D eigenvalue weighted by Crippen LogP contribution is 2.02. The fourth-order valence-electron chi connectivity index (χ4n) is 1.19. The molecule has 12 heavy (non-hydrogen) atoms.